The molecule has 5 nitrogen and oxygen atoms in total. The predicted molar refractivity (Wildman–Crippen MR) is 73.0 cm³/mol. The molecule has 0 aromatic carbocycles. The highest BCUT2D eigenvalue weighted by atomic mass is 15.4. The molecule has 100 valence electrons. The van der Waals surface area contributed by atoms with E-state index in [9.17, 15) is 0 Å². The summed E-state index contributed by atoms with van der Waals surface area (Å²) in [7, 11) is 0. The summed E-state index contributed by atoms with van der Waals surface area (Å²) in [5.41, 5.74) is 1.02. The van der Waals surface area contributed by atoms with Gasteiger partial charge in [-0.05, 0) is 45.0 Å². The third-order valence-corrected chi connectivity index (χ3v) is 3.79. The second kappa shape index (κ2) is 5.48. The highest BCUT2D eigenvalue weighted by Crippen LogP contribution is 2.23. The fraction of sp³-hybridized carbons (Fsp3) is 0.500. The monoisotopic (exact) mass is 257 g/mol. The quantitative estimate of drug-likeness (QED) is 0.845. The Morgan fingerprint density at radius 3 is 2.58 bits per heavy atom. The summed E-state index contributed by atoms with van der Waals surface area (Å²) >= 11 is 0. The van der Waals surface area contributed by atoms with E-state index in [0.717, 1.165) is 24.6 Å². The third-order valence-electron chi connectivity index (χ3n) is 3.79. The molecule has 5 heteroatoms. The zero-order valence-electron chi connectivity index (χ0n) is 11.2. The Morgan fingerprint density at radius 2 is 1.84 bits per heavy atom. The molecule has 0 aliphatic carbocycles. The maximum Gasteiger partial charge on any atom is 0.149 e. The van der Waals surface area contributed by atoms with E-state index >= 15 is 0 Å². The molecule has 0 radical (unpaired) electrons. The summed E-state index contributed by atoms with van der Waals surface area (Å²) in [6, 6.07) is 4.22. The molecule has 2 aromatic rings. The van der Waals surface area contributed by atoms with Crippen LogP contribution >= 0.6 is 0 Å². The molecule has 0 amide bonds. The molecule has 0 unspecified atom stereocenters. The van der Waals surface area contributed by atoms with Crippen molar-refractivity contribution in [1.82, 2.24) is 24.6 Å². The van der Waals surface area contributed by atoms with Crippen LogP contribution in [-0.2, 0) is 0 Å². The van der Waals surface area contributed by atoms with Gasteiger partial charge in [-0.15, -0.1) is 0 Å². The van der Waals surface area contributed by atoms with Crippen LogP contribution in [0.3, 0.4) is 0 Å². The van der Waals surface area contributed by atoms with E-state index in [1.165, 1.54) is 19.3 Å². The third kappa shape index (κ3) is 2.51. The molecule has 2 aromatic heterocycles. The first-order chi connectivity index (χ1) is 9.36. The normalized spacial score (nSPS) is 18.4. The van der Waals surface area contributed by atoms with E-state index in [1.54, 1.807) is 18.7 Å². The van der Waals surface area contributed by atoms with Crippen LogP contribution in [0, 0.1) is 0 Å². The van der Waals surface area contributed by atoms with Crippen LogP contribution in [-0.4, -0.2) is 37.7 Å². The van der Waals surface area contributed by atoms with Crippen molar-refractivity contribution in [3.05, 3.63) is 36.7 Å². The number of likely N-dealkylation sites (tertiary alicyclic amines) is 1. The zero-order chi connectivity index (χ0) is 13.1. The van der Waals surface area contributed by atoms with Crippen LogP contribution < -0.4 is 0 Å². The van der Waals surface area contributed by atoms with Gasteiger partial charge in [0.2, 0.25) is 0 Å². The lowest BCUT2D eigenvalue weighted by molar-refractivity contribution is 0.167. The van der Waals surface area contributed by atoms with Gasteiger partial charge in [-0.1, -0.05) is 6.42 Å². The minimum absolute atomic E-state index is 0.302. The highest BCUT2D eigenvalue weighted by Gasteiger charge is 2.22. The molecule has 3 rings (SSSR count). The van der Waals surface area contributed by atoms with E-state index in [0.29, 0.717) is 6.04 Å². The molecule has 0 spiro atoms. The Balaban J connectivity index is 1.87. The highest BCUT2D eigenvalue weighted by molar-refractivity contribution is 5.28. The van der Waals surface area contributed by atoms with Gasteiger partial charge in [0.25, 0.3) is 0 Å². The molecule has 1 saturated heterocycles. The molecule has 1 aliphatic heterocycles. The first kappa shape index (κ1) is 12.3. The Hall–Kier alpha value is -1.75. The van der Waals surface area contributed by atoms with Crippen molar-refractivity contribution in [1.29, 1.82) is 0 Å². The first-order valence-corrected chi connectivity index (χ1v) is 6.90. The lowest BCUT2D eigenvalue weighted by atomic mass is 10.1. The fourth-order valence-corrected chi connectivity index (χ4v) is 2.69. The minimum Gasteiger partial charge on any atom is -0.294 e. The van der Waals surface area contributed by atoms with Gasteiger partial charge >= 0.3 is 0 Å². The summed E-state index contributed by atoms with van der Waals surface area (Å²) in [4.78, 5) is 11.0. The molecule has 0 N–H and O–H groups in total. The van der Waals surface area contributed by atoms with Crippen LogP contribution in [0.2, 0.25) is 0 Å². The van der Waals surface area contributed by atoms with Crippen molar-refractivity contribution in [2.45, 2.75) is 32.2 Å². The molecular formula is C14H19N5. The topological polar surface area (TPSA) is 46.8 Å². The predicted octanol–water partition coefficient (Wildman–Crippen LogP) is 2.21. The Morgan fingerprint density at radius 1 is 1.11 bits per heavy atom. The van der Waals surface area contributed by atoms with Crippen molar-refractivity contribution in [3.8, 4) is 5.69 Å². The number of pyridine rings is 1. The lowest BCUT2D eigenvalue weighted by Gasteiger charge is -2.31. The number of hydrogen-bond acceptors (Lipinski definition) is 4. The number of rotatable bonds is 3. The molecule has 1 atom stereocenters. The summed E-state index contributed by atoms with van der Waals surface area (Å²) in [6.45, 7) is 4.53. The minimum atomic E-state index is 0.302. The van der Waals surface area contributed by atoms with Crippen LogP contribution in [0.1, 0.15) is 38.1 Å². The zero-order valence-corrected chi connectivity index (χ0v) is 11.2. The smallest absolute Gasteiger partial charge is 0.149 e. The van der Waals surface area contributed by atoms with Crippen LogP contribution in [0.5, 0.6) is 0 Å². The number of nitrogens with zero attached hydrogens (tertiary/aromatic N) is 5. The lowest BCUT2D eigenvalue weighted by Crippen LogP contribution is -2.33. The fourth-order valence-electron chi connectivity index (χ4n) is 2.69. The second-order valence-corrected chi connectivity index (χ2v) is 5.01. The van der Waals surface area contributed by atoms with Crippen molar-refractivity contribution in [2.24, 2.45) is 0 Å². The second-order valence-electron chi connectivity index (χ2n) is 5.01. The number of hydrogen-bond donors (Lipinski definition) is 0. The Kier molecular flexibility index (Phi) is 3.55. The summed E-state index contributed by atoms with van der Waals surface area (Å²) in [6.07, 6.45) is 9.12. The SMILES string of the molecule is C[C@@H](c1ncnn1-c1ccncc1)N1CCCCC1. The van der Waals surface area contributed by atoms with Crippen LogP contribution in [0.15, 0.2) is 30.9 Å². The summed E-state index contributed by atoms with van der Waals surface area (Å²) < 4.78 is 1.92. The van der Waals surface area contributed by atoms with E-state index in [4.69, 9.17) is 0 Å². The molecular weight excluding hydrogens is 238 g/mol. The standard InChI is InChI=1S/C14H19N5/c1-12(18-9-3-2-4-10-18)14-16-11-17-19(14)13-5-7-15-8-6-13/h5-8,11-12H,2-4,9-10H2,1H3/t12-/m0/s1. The summed E-state index contributed by atoms with van der Waals surface area (Å²) in [5, 5.41) is 4.35. The Labute approximate surface area is 113 Å². The maximum absolute atomic E-state index is 4.46. The van der Waals surface area contributed by atoms with Gasteiger partial charge in [0.05, 0.1) is 11.7 Å². The van der Waals surface area contributed by atoms with Crippen molar-refractivity contribution >= 4 is 0 Å². The van der Waals surface area contributed by atoms with Gasteiger partial charge in [-0.25, -0.2) is 9.67 Å². The molecule has 19 heavy (non-hydrogen) atoms. The van der Waals surface area contributed by atoms with Crippen LogP contribution in [0.4, 0.5) is 0 Å². The largest absolute Gasteiger partial charge is 0.294 e. The number of piperidine rings is 1. The van der Waals surface area contributed by atoms with Crippen molar-refractivity contribution in [2.75, 3.05) is 13.1 Å². The van der Waals surface area contributed by atoms with E-state index in [1.807, 2.05) is 16.8 Å². The maximum atomic E-state index is 4.46. The molecule has 0 bridgehead atoms. The van der Waals surface area contributed by atoms with E-state index in [-0.39, 0.29) is 0 Å². The van der Waals surface area contributed by atoms with Gasteiger partial charge in [0.1, 0.15) is 12.2 Å². The van der Waals surface area contributed by atoms with Crippen LogP contribution in [0.25, 0.3) is 5.69 Å². The molecule has 0 saturated carbocycles. The Bertz CT molecular complexity index is 516. The van der Waals surface area contributed by atoms with Gasteiger partial charge < -0.3 is 0 Å². The molecule has 1 aliphatic rings. The summed E-state index contributed by atoms with van der Waals surface area (Å²) in [5.74, 6) is 1.01. The van der Waals surface area contributed by atoms with Gasteiger partial charge in [0.15, 0.2) is 0 Å². The van der Waals surface area contributed by atoms with Gasteiger partial charge in [-0.3, -0.25) is 9.88 Å². The first-order valence-electron chi connectivity index (χ1n) is 6.90. The number of aromatic nitrogens is 4. The van der Waals surface area contributed by atoms with Gasteiger partial charge in [-0.2, -0.15) is 5.10 Å². The average molecular weight is 257 g/mol. The molecule has 3 heterocycles. The van der Waals surface area contributed by atoms with E-state index < -0.39 is 0 Å². The van der Waals surface area contributed by atoms with Crippen molar-refractivity contribution < 1.29 is 0 Å². The van der Waals surface area contributed by atoms with Gasteiger partial charge in [0, 0.05) is 12.4 Å². The van der Waals surface area contributed by atoms with E-state index in [2.05, 4.69) is 26.9 Å². The average Bonchev–Trinajstić information content (AvgIpc) is 2.98. The molecule has 1 fully saturated rings. The van der Waals surface area contributed by atoms with Crippen molar-refractivity contribution in [3.63, 3.8) is 0 Å².